The highest BCUT2D eigenvalue weighted by molar-refractivity contribution is 5.77. The van der Waals surface area contributed by atoms with E-state index in [0.717, 1.165) is 0 Å². The summed E-state index contributed by atoms with van der Waals surface area (Å²) in [7, 11) is 0. The van der Waals surface area contributed by atoms with Crippen LogP contribution in [0.2, 0.25) is 0 Å². The van der Waals surface area contributed by atoms with Crippen LogP contribution >= 0.6 is 0 Å². The Morgan fingerprint density at radius 3 is 2.62 bits per heavy atom. The Balaban J connectivity index is 1.47. The molecule has 1 heterocycles. The molecular weight excluding hydrogens is 378 g/mol. The van der Waals surface area contributed by atoms with Crippen molar-refractivity contribution in [3.05, 3.63) is 74.8 Å². The maximum absolute atomic E-state index is 12.6. The van der Waals surface area contributed by atoms with Crippen molar-refractivity contribution < 1.29 is 19.2 Å². The van der Waals surface area contributed by atoms with Gasteiger partial charge in [-0.1, -0.05) is 12.1 Å². The quantitative estimate of drug-likeness (QED) is 0.248. The number of nitrogens with zero attached hydrogens (tertiary/aromatic N) is 3. The first-order chi connectivity index (χ1) is 14.0. The molecule has 29 heavy (non-hydrogen) atoms. The first-order valence-electron chi connectivity index (χ1n) is 8.95. The van der Waals surface area contributed by atoms with E-state index >= 15 is 0 Å². The van der Waals surface area contributed by atoms with Crippen LogP contribution in [-0.4, -0.2) is 33.7 Å². The molecule has 1 aromatic heterocycles. The monoisotopic (exact) mass is 397 g/mol. The number of para-hydroxylation sites is 1. The zero-order chi connectivity index (χ0) is 20.8. The fourth-order valence-electron chi connectivity index (χ4n) is 2.80. The van der Waals surface area contributed by atoms with Crippen LogP contribution in [0.3, 0.4) is 0 Å². The second-order valence-corrected chi connectivity index (χ2v) is 6.25. The number of fused-ring (bicyclic) bond motifs is 1. The predicted molar refractivity (Wildman–Crippen MR) is 105 cm³/mol. The predicted octanol–water partition coefficient (Wildman–Crippen LogP) is 2.63. The third-order valence-electron chi connectivity index (χ3n) is 4.25. The van der Waals surface area contributed by atoms with Crippen LogP contribution < -0.4 is 10.3 Å². The summed E-state index contributed by atoms with van der Waals surface area (Å²) in [5, 5.41) is 11.1. The number of hydrogen-bond acceptors (Lipinski definition) is 7. The molecule has 0 saturated carbocycles. The number of nitro groups is 1. The van der Waals surface area contributed by atoms with Crippen molar-refractivity contribution in [2.75, 3.05) is 13.2 Å². The van der Waals surface area contributed by atoms with E-state index in [1.54, 1.807) is 29.7 Å². The van der Waals surface area contributed by atoms with E-state index in [1.807, 2.05) is 6.07 Å². The standard InChI is InChI=1S/C20H19N3O6/c1-14-21-18-6-3-2-5-17(18)20(25)22(14)11-4-12-28-19(24)13-29-16-9-7-15(8-10-16)23(26)27/h2-3,5-10H,4,11-13H2,1H3. The molecule has 0 bridgehead atoms. The minimum absolute atomic E-state index is 0.0614. The van der Waals surface area contributed by atoms with Crippen molar-refractivity contribution in [3.8, 4) is 5.75 Å². The summed E-state index contributed by atoms with van der Waals surface area (Å²) in [6.45, 7) is 1.95. The zero-order valence-electron chi connectivity index (χ0n) is 15.7. The van der Waals surface area contributed by atoms with Crippen LogP contribution in [-0.2, 0) is 16.1 Å². The van der Waals surface area contributed by atoms with E-state index in [0.29, 0.717) is 35.4 Å². The van der Waals surface area contributed by atoms with Gasteiger partial charge < -0.3 is 9.47 Å². The number of esters is 1. The molecule has 0 saturated heterocycles. The summed E-state index contributed by atoms with van der Waals surface area (Å²) >= 11 is 0. The van der Waals surface area contributed by atoms with Crippen LogP contribution in [0.5, 0.6) is 5.75 Å². The molecule has 9 nitrogen and oxygen atoms in total. The molecule has 3 rings (SSSR count). The number of rotatable bonds is 8. The highest BCUT2D eigenvalue weighted by atomic mass is 16.6. The highest BCUT2D eigenvalue weighted by Gasteiger charge is 2.09. The lowest BCUT2D eigenvalue weighted by molar-refractivity contribution is -0.384. The van der Waals surface area contributed by atoms with Gasteiger partial charge in [-0.2, -0.15) is 0 Å². The third kappa shape index (κ3) is 4.95. The number of hydrogen-bond donors (Lipinski definition) is 0. The second kappa shape index (κ2) is 8.96. The minimum atomic E-state index is -0.566. The van der Waals surface area contributed by atoms with Crippen molar-refractivity contribution >= 4 is 22.6 Å². The molecule has 0 unspecified atom stereocenters. The second-order valence-electron chi connectivity index (χ2n) is 6.25. The van der Waals surface area contributed by atoms with E-state index in [4.69, 9.17) is 9.47 Å². The molecule has 150 valence electrons. The van der Waals surface area contributed by atoms with E-state index in [2.05, 4.69) is 4.98 Å². The van der Waals surface area contributed by atoms with Crippen molar-refractivity contribution in [1.29, 1.82) is 0 Å². The minimum Gasteiger partial charge on any atom is -0.482 e. The van der Waals surface area contributed by atoms with Gasteiger partial charge in [-0.25, -0.2) is 9.78 Å². The molecule has 3 aromatic rings. The van der Waals surface area contributed by atoms with Gasteiger partial charge in [-0.15, -0.1) is 0 Å². The zero-order valence-corrected chi connectivity index (χ0v) is 15.7. The largest absolute Gasteiger partial charge is 0.482 e. The Morgan fingerprint density at radius 1 is 1.17 bits per heavy atom. The summed E-state index contributed by atoms with van der Waals surface area (Å²) in [4.78, 5) is 38.8. The Kier molecular flexibility index (Phi) is 6.18. The Morgan fingerprint density at radius 2 is 1.90 bits per heavy atom. The lowest BCUT2D eigenvalue weighted by atomic mass is 10.2. The van der Waals surface area contributed by atoms with E-state index in [9.17, 15) is 19.7 Å². The van der Waals surface area contributed by atoms with Gasteiger partial charge >= 0.3 is 5.97 Å². The summed E-state index contributed by atoms with van der Waals surface area (Å²) < 4.78 is 11.9. The summed E-state index contributed by atoms with van der Waals surface area (Å²) in [5.74, 6) is 0.363. The van der Waals surface area contributed by atoms with Gasteiger partial charge in [0.2, 0.25) is 0 Å². The third-order valence-corrected chi connectivity index (χ3v) is 4.25. The molecule has 0 radical (unpaired) electrons. The van der Waals surface area contributed by atoms with E-state index < -0.39 is 10.9 Å². The number of aromatic nitrogens is 2. The van der Waals surface area contributed by atoms with Crippen LogP contribution in [0.15, 0.2) is 53.3 Å². The fourth-order valence-corrected chi connectivity index (χ4v) is 2.80. The van der Waals surface area contributed by atoms with E-state index in [1.165, 1.54) is 24.3 Å². The maximum atomic E-state index is 12.6. The van der Waals surface area contributed by atoms with Crippen molar-refractivity contribution in [2.24, 2.45) is 0 Å². The number of carbonyl (C=O) groups is 1. The first kappa shape index (κ1) is 20.0. The van der Waals surface area contributed by atoms with Crippen LogP contribution in [0.25, 0.3) is 10.9 Å². The van der Waals surface area contributed by atoms with Gasteiger partial charge in [0.1, 0.15) is 11.6 Å². The molecule has 0 aliphatic heterocycles. The number of ether oxygens (including phenoxy) is 2. The SMILES string of the molecule is Cc1nc2ccccc2c(=O)n1CCCOC(=O)COc1ccc([N+](=O)[O-])cc1. The number of aryl methyl sites for hydroxylation is 1. The maximum Gasteiger partial charge on any atom is 0.344 e. The van der Waals surface area contributed by atoms with E-state index in [-0.39, 0.29) is 24.5 Å². The molecule has 0 aliphatic carbocycles. The Labute approximate surface area is 165 Å². The summed E-state index contributed by atoms with van der Waals surface area (Å²) in [5.41, 5.74) is 0.468. The summed E-state index contributed by atoms with van der Waals surface area (Å²) in [6.07, 6.45) is 0.448. The highest BCUT2D eigenvalue weighted by Crippen LogP contribution is 2.17. The number of carbonyl (C=O) groups excluding carboxylic acids is 1. The molecule has 9 heteroatoms. The number of benzene rings is 2. The van der Waals surface area contributed by atoms with Gasteiger partial charge in [-0.3, -0.25) is 19.5 Å². The average molecular weight is 397 g/mol. The fraction of sp³-hybridized carbons (Fsp3) is 0.250. The van der Waals surface area contributed by atoms with Gasteiger partial charge in [-0.05, 0) is 37.6 Å². The van der Waals surface area contributed by atoms with Gasteiger partial charge in [0.15, 0.2) is 6.61 Å². The number of nitro benzene ring substituents is 1. The molecule has 0 N–H and O–H groups in total. The Bertz CT molecular complexity index is 1090. The molecule has 2 aromatic carbocycles. The van der Waals surface area contributed by atoms with Crippen LogP contribution in [0.1, 0.15) is 12.2 Å². The van der Waals surface area contributed by atoms with Crippen molar-refractivity contribution in [1.82, 2.24) is 9.55 Å². The van der Waals surface area contributed by atoms with Crippen molar-refractivity contribution in [2.45, 2.75) is 19.9 Å². The van der Waals surface area contributed by atoms with Gasteiger partial charge in [0.25, 0.3) is 11.2 Å². The molecular formula is C20H19N3O6. The number of non-ortho nitro benzene ring substituents is 1. The summed E-state index contributed by atoms with van der Waals surface area (Å²) in [6, 6.07) is 12.5. The molecule has 0 atom stereocenters. The Hall–Kier alpha value is -3.75. The molecule has 0 fully saturated rings. The average Bonchev–Trinajstić information content (AvgIpc) is 2.72. The van der Waals surface area contributed by atoms with Crippen molar-refractivity contribution in [3.63, 3.8) is 0 Å². The molecule has 0 spiro atoms. The topological polar surface area (TPSA) is 114 Å². The molecule has 0 amide bonds. The first-order valence-corrected chi connectivity index (χ1v) is 8.95. The van der Waals surface area contributed by atoms with Gasteiger partial charge in [0, 0.05) is 18.7 Å². The van der Waals surface area contributed by atoms with Crippen LogP contribution in [0, 0.1) is 17.0 Å². The normalized spacial score (nSPS) is 10.7. The van der Waals surface area contributed by atoms with Crippen LogP contribution in [0.4, 0.5) is 5.69 Å². The molecule has 0 aliphatic rings. The lowest BCUT2D eigenvalue weighted by Gasteiger charge is -2.11. The van der Waals surface area contributed by atoms with Gasteiger partial charge in [0.05, 0.1) is 22.4 Å². The lowest BCUT2D eigenvalue weighted by Crippen LogP contribution is -2.25. The smallest absolute Gasteiger partial charge is 0.344 e.